The van der Waals surface area contributed by atoms with Crippen molar-refractivity contribution in [1.29, 1.82) is 0 Å². The fourth-order valence-corrected chi connectivity index (χ4v) is 2.53. The van der Waals surface area contributed by atoms with E-state index in [1.165, 1.54) is 38.6 Å². The van der Waals surface area contributed by atoms with Crippen LogP contribution in [0.1, 0.15) is 46.0 Å². The molecule has 0 radical (unpaired) electrons. The third-order valence-corrected chi connectivity index (χ3v) is 3.49. The molecule has 0 aromatic rings. The van der Waals surface area contributed by atoms with Gasteiger partial charge < -0.3 is 0 Å². The van der Waals surface area contributed by atoms with E-state index in [2.05, 4.69) is 18.7 Å². The molecule has 0 aromatic carbocycles. The molecule has 2 unspecified atom stereocenters. The van der Waals surface area contributed by atoms with E-state index in [0.29, 0.717) is 0 Å². The van der Waals surface area contributed by atoms with Crippen molar-refractivity contribution in [2.45, 2.75) is 58.0 Å². The molecular formula is C11H22ClN. The molecule has 2 heteroatoms. The largest absolute Gasteiger partial charge is 0.298 e. The number of piperidine rings is 1. The van der Waals surface area contributed by atoms with Crippen molar-refractivity contribution >= 4 is 11.6 Å². The Kier molecular flexibility index (Phi) is 5.12. The number of hydrogen-bond acceptors (Lipinski definition) is 1. The van der Waals surface area contributed by atoms with Crippen LogP contribution in [0.5, 0.6) is 0 Å². The van der Waals surface area contributed by atoms with Crippen molar-refractivity contribution in [1.82, 2.24) is 4.90 Å². The lowest BCUT2D eigenvalue weighted by Crippen LogP contribution is -2.45. The van der Waals surface area contributed by atoms with Crippen LogP contribution in [0.2, 0.25) is 0 Å². The molecule has 0 spiro atoms. The zero-order valence-corrected chi connectivity index (χ0v) is 9.69. The third-order valence-electron chi connectivity index (χ3n) is 3.27. The Morgan fingerprint density at radius 2 is 2.23 bits per heavy atom. The Bertz CT molecular complexity index is 136. The predicted octanol–water partition coefficient (Wildman–Crippen LogP) is 3.27. The van der Waals surface area contributed by atoms with Gasteiger partial charge in [-0.25, -0.2) is 0 Å². The Balaban J connectivity index is 2.45. The second-order valence-electron chi connectivity index (χ2n) is 4.12. The van der Waals surface area contributed by atoms with Gasteiger partial charge in [-0.2, -0.15) is 0 Å². The van der Waals surface area contributed by atoms with E-state index in [1.54, 1.807) is 0 Å². The highest BCUT2D eigenvalue weighted by molar-refractivity contribution is 6.17. The molecule has 1 saturated heterocycles. The fraction of sp³-hybridized carbons (Fsp3) is 1.00. The molecule has 1 rings (SSSR count). The van der Waals surface area contributed by atoms with Gasteiger partial charge in [0, 0.05) is 18.0 Å². The minimum Gasteiger partial charge on any atom is -0.298 e. The van der Waals surface area contributed by atoms with E-state index in [-0.39, 0.29) is 0 Å². The summed E-state index contributed by atoms with van der Waals surface area (Å²) in [5, 5.41) is 0. The first kappa shape index (κ1) is 11.3. The maximum Gasteiger partial charge on any atom is 0.0238 e. The normalized spacial score (nSPS) is 27.5. The van der Waals surface area contributed by atoms with Gasteiger partial charge in [-0.1, -0.05) is 13.3 Å². The molecule has 1 fully saturated rings. The summed E-state index contributed by atoms with van der Waals surface area (Å²) in [5.74, 6) is 0.817. The minimum absolute atomic E-state index is 0.744. The molecule has 1 heterocycles. The number of alkyl halides is 1. The van der Waals surface area contributed by atoms with Crippen LogP contribution in [0.3, 0.4) is 0 Å². The van der Waals surface area contributed by atoms with Crippen LogP contribution in [-0.2, 0) is 0 Å². The van der Waals surface area contributed by atoms with Crippen molar-refractivity contribution in [3.05, 3.63) is 0 Å². The highest BCUT2D eigenvalue weighted by Gasteiger charge is 2.24. The van der Waals surface area contributed by atoms with Crippen molar-refractivity contribution in [3.63, 3.8) is 0 Å². The van der Waals surface area contributed by atoms with E-state index in [0.717, 1.165) is 18.0 Å². The van der Waals surface area contributed by atoms with Crippen molar-refractivity contribution in [2.75, 3.05) is 12.4 Å². The standard InChI is InChI=1S/C11H22ClN/c1-3-10(2)13-9-5-4-6-11(13)7-8-12/h10-11H,3-9H2,1-2H3. The molecule has 0 bridgehead atoms. The first-order valence-electron chi connectivity index (χ1n) is 5.61. The van der Waals surface area contributed by atoms with Crippen LogP contribution in [0.25, 0.3) is 0 Å². The van der Waals surface area contributed by atoms with E-state index in [4.69, 9.17) is 11.6 Å². The number of rotatable bonds is 4. The maximum absolute atomic E-state index is 5.82. The lowest BCUT2D eigenvalue weighted by Gasteiger charge is -2.39. The summed E-state index contributed by atoms with van der Waals surface area (Å²) in [6, 6.07) is 1.51. The van der Waals surface area contributed by atoms with Crippen LogP contribution in [0.15, 0.2) is 0 Å². The quantitative estimate of drug-likeness (QED) is 0.634. The monoisotopic (exact) mass is 203 g/mol. The van der Waals surface area contributed by atoms with Gasteiger partial charge in [0.2, 0.25) is 0 Å². The summed E-state index contributed by atoms with van der Waals surface area (Å²) in [5.41, 5.74) is 0. The number of likely N-dealkylation sites (tertiary alicyclic amines) is 1. The Morgan fingerprint density at radius 3 is 2.85 bits per heavy atom. The topological polar surface area (TPSA) is 3.24 Å². The predicted molar refractivity (Wildman–Crippen MR) is 59.4 cm³/mol. The van der Waals surface area contributed by atoms with Crippen LogP contribution < -0.4 is 0 Å². The fourth-order valence-electron chi connectivity index (χ4n) is 2.27. The number of nitrogens with zero attached hydrogens (tertiary/aromatic N) is 1. The van der Waals surface area contributed by atoms with Gasteiger partial charge >= 0.3 is 0 Å². The van der Waals surface area contributed by atoms with E-state index in [1.807, 2.05) is 0 Å². The highest BCUT2D eigenvalue weighted by Crippen LogP contribution is 2.23. The van der Waals surface area contributed by atoms with E-state index >= 15 is 0 Å². The second kappa shape index (κ2) is 5.87. The first-order valence-corrected chi connectivity index (χ1v) is 6.14. The van der Waals surface area contributed by atoms with Gasteiger partial charge in [0.15, 0.2) is 0 Å². The lowest BCUT2D eigenvalue weighted by atomic mass is 9.97. The first-order chi connectivity index (χ1) is 6.29. The molecule has 0 aromatic heterocycles. The molecule has 1 nitrogen and oxygen atoms in total. The van der Waals surface area contributed by atoms with Crippen molar-refractivity contribution in [2.24, 2.45) is 0 Å². The molecule has 1 aliphatic heterocycles. The highest BCUT2D eigenvalue weighted by atomic mass is 35.5. The van der Waals surface area contributed by atoms with Crippen LogP contribution >= 0.6 is 11.6 Å². The molecule has 0 amide bonds. The SMILES string of the molecule is CCC(C)N1CCCCC1CCCl. The van der Waals surface area contributed by atoms with E-state index < -0.39 is 0 Å². The van der Waals surface area contributed by atoms with Gasteiger partial charge in [0.25, 0.3) is 0 Å². The summed E-state index contributed by atoms with van der Waals surface area (Å²) in [6.07, 6.45) is 6.57. The summed E-state index contributed by atoms with van der Waals surface area (Å²) in [4.78, 5) is 2.66. The molecule has 0 saturated carbocycles. The zero-order valence-electron chi connectivity index (χ0n) is 8.93. The second-order valence-corrected chi connectivity index (χ2v) is 4.50. The zero-order chi connectivity index (χ0) is 9.68. The van der Waals surface area contributed by atoms with Crippen LogP contribution in [-0.4, -0.2) is 29.4 Å². The van der Waals surface area contributed by atoms with Gasteiger partial charge in [-0.3, -0.25) is 4.90 Å². The maximum atomic E-state index is 5.82. The smallest absolute Gasteiger partial charge is 0.0238 e. The van der Waals surface area contributed by atoms with E-state index in [9.17, 15) is 0 Å². The Morgan fingerprint density at radius 1 is 1.46 bits per heavy atom. The minimum atomic E-state index is 0.744. The molecule has 0 aliphatic carbocycles. The molecule has 2 atom stereocenters. The Hall–Kier alpha value is 0.250. The van der Waals surface area contributed by atoms with Crippen LogP contribution in [0, 0.1) is 0 Å². The molecule has 13 heavy (non-hydrogen) atoms. The summed E-state index contributed by atoms with van der Waals surface area (Å²) in [6.45, 7) is 5.90. The van der Waals surface area contributed by atoms with Gasteiger partial charge in [-0.15, -0.1) is 11.6 Å². The van der Waals surface area contributed by atoms with Crippen LogP contribution in [0.4, 0.5) is 0 Å². The van der Waals surface area contributed by atoms with Crippen molar-refractivity contribution in [3.8, 4) is 0 Å². The van der Waals surface area contributed by atoms with Gasteiger partial charge in [0.1, 0.15) is 0 Å². The number of halogens is 1. The molecule has 0 N–H and O–H groups in total. The average Bonchev–Trinajstić information content (AvgIpc) is 2.18. The summed E-state index contributed by atoms with van der Waals surface area (Å²) in [7, 11) is 0. The Labute approximate surface area is 87.4 Å². The number of hydrogen-bond donors (Lipinski definition) is 0. The average molecular weight is 204 g/mol. The molecule has 1 aliphatic rings. The van der Waals surface area contributed by atoms with Gasteiger partial charge in [0.05, 0.1) is 0 Å². The summed E-state index contributed by atoms with van der Waals surface area (Å²) >= 11 is 5.82. The third kappa shape index (κ3) is 3.14. The van der Waals surface area contributed by atoms with Crippen molar-refractivity contribution < 1.29 is 0 Å². The summed E-state index contributed by atoms with van der Waals surface area (Å²) < 4.78 is 0. The molecular weight excluding hydrogens is 182 g/mol. The molecule has 78 valence electrons. The lowest BCUT2D eigenvalue weighted by molar-refractivity contribution is 0.0985. The van der Waals surface area contributed by atoms with Gasteiger partial charge in [-0.05, 0) is 39.2 Å².